The van der Waals surface area contributed by atoms with Gasteiger partial charge >= 0.3 is 0 Å². The van der Waals surface area contributed by atoms with Crippen LogP contribution in [0.1, 0.15) is 18.9 Å². The number of hydrogen-bond acceptors (Lipinski definition) is 1. The van der Waals surface area contributed by atoms with Gasteiger partial charge in [-0.1, -0.05) is 22.0 Å². The zero-order valence-electron chi connectivity index (χ0n) is 7.01. The van der Waals surface area contributed by atoms with Crippen LogP contribution in [0.15, 0.2) is 22.7 Å². The molecule has 1 aromatic carbocycles. The summed E-state index contributed by atoms with van der Waals surface area (Å²) in [5, 5.41) is 0. The van der Waals surface area contributed by atoms with Gasteiger partial charge in [-0.05, 0) is 37.5 Å². The molecule has 1 atom stereocenters. The lowest BCUT2D eigenvalue weighted by Crippen LogP contribution is -2.18. The molecule has 1 nitrogen and oxygen atoms in total. The molecule has 2 heteroatoms. The van der Waals surface area contributed by atoms with Crippen LogP contribution in [0.3, 0.4) is 0 Å². The third-order valence-electron chi connectivity index (χ3n) is 2.18. The third kappa shape index (κ3) is 1.48. The van der Waals surface area contributed by atoms with Crippen molar-refractivity contribution in [1.82, 2.24) is 0 Å². The summed E-state index contributed by atoms with van der Waals surface area (Å²) in [7, 11) is 0. The number of benzene rings is 1. The van der Waals surface area contributed by atoms with Crippen LogP contribution in [0.25, 0.3) is 0 Å². The maximum Gasteiger partial charge on any atom is 0.124 e. The van der Waals surface area contributed by atoms with E-state index in [2.05, 4.69) is 35.0 Å². The molecule has 0 spiro atoms. The molecule has 1 unspecified atom stereocenters. The summed E-state index contributed by atoms with van der Waals surface area (Å²) in [6.45, 7) is 2.11. The number of ether oxygens (including phenoxy) is 1. The molecule has 1 aliphatic heterocycles. The summed E-state index contributed by atoms with van der Waals surface area (Å²) in [6, 6.07) is 6.24. The Morgan fingerprint density at radius 3 is 3.17 bits per heavy atom. The van der Waals surface area contributed by atoms with Crippen molar-refractivity contribution in [2.24, 2.45) is 0 Å². The Hall–Kier alpha value is -0.500. The molecule has 1 aromatic rings. The first-order chi connectivity index (χ1) is 5.75. The molecule has 0 aromatic heterocycles. The quantitative estimate of drug-likeness (QED) is 0.661. The lowest BCUT2D eigenvalue weighted by atomic mass is 10.0. The molecule has 0 fully saturated rings. The molecular formula is C10H11BrO. The molecule has 0 aliphatic carbocycles. The lowest BCUT2D eigenvalue weighted by molar-refractivity contribution is 0.192. The van der Waals surface area contributed by atoms with Crippen LogP contribution in [0.4, 0.5) is 0 Å². The molecule has 0 bridgehead atoms. The van der Waals surface area contributed by atoms with Crippen molar-refractivity contribution in [3.63, 3.8) is 0 Å². The van der Waals surface area contributed by atoms with Crippen molar-refractivity contribution in [3.05, 3.63) is 28.2 Å². The minimum atomic E-state index is 0.367. The Kier molecular flexibility index (Phi) is 2.09. The van der Waals surface area contributed by atoms with Crippen LogP contribution < -0.4 is 4.74 Å². The molecule has 0 amide bonds. The maximum atomic E-state index is 5.68. The second-order valence-corrected chi connectivity index (χ2v) is 4.13. The summed E-state index contributed by atoms with van der Waals surface area (Å²) in [4.78, 5) is 0. The van der Waals surface area contributed by atoms with Crippen LogP contribution in [0.2, 0.25) is 0 Å². The molecule has 0 N–H and O–H groups in total. The smallest absolute Gasteiger partial charge is 0.124 e. The van der Waals surface area contributed by atoms with E-state index in [1.807, 2.05) is 6.07 Å². The van der Waals surface area contributed by atoms with E-state index in [1.54, 1.807) is 0 Å². The Morgan fingerprint density at radius 2 is 2.33 bits per heavy atom. The highest BCUT2D eigenvalue weighted by Gasteiger charge is 2.15. The Morgan fingerprint density at radius 1 is 1.50 bits per heavy atom. The molecule has 1 heterocycles. The van der Waals surface area contributed by atoms with E-state index >= 15 is 0 Å². The number of fused-ring (bicyclic) bond motifs is 1. The van der Waals surface area contributed by atoms with Crippen molar-refractivity contribution < 1.29 is 4.74 Å². The number of rotatable bonds is 0. The first-order valence-electron chi connectivity index (χ1n) is 4.21. The average Bonchev–Trinajstić information content (AvgIpc) is 2.03. The minimum absolute atomic E-state index is 0.367. The molecule has 12 heavy (non-hydrogen) atoms. The van der Waals surface area contributed by atoms with E-state index in [0.717, 1.165) is 23.1 Å². The molecular weight excluding hydrogens is 216 g/mol. The van der Waals surface area contributed by atoms with Crippen LogP contribution in [-0.4, -0.2) is 6.10 Å². The Balaban J connectivity index is 2.37. The van der Waals surface area contributed by atoms with Crippen molar-refractivity contribution in [1.29, 1.82) is 0 Å². The van der Waals surface area contributed by atoms with Gasteiger partial charge in [-0.15, -0.1) is 0 Å². The Labute approximate surface area is 80.9 Å². The second-order valence-electron chi connectivity index (χ2n) is 3.22. The summed E-state index contributed by atoms with van der Waals surface area (Å²) >= 11 is 3.43. The normalized spacial score (nSPS) is 21.3. The van der Waals surface area contributed by atoms with Crippen molar-refractivity contribution in [2.45, 2.75) is 25.9 Å². The third-order valence-corrected chi connectivity index (χ3v) is 2.67. The highest BCUT2D eigenvalue weighted by atomic mass is 79.9. The van der Waals surface area contributed by atoms with Crippen LogP contribution in [-0.2, 0) is 6.42 Å². The predicted molar refractivity (Wildman–Crippen MR) is 52.6 cm³/mol. The summed E-state index contributed by atoms with van der Waals surface area (Å²) in [6.07, 6.45) is 2.64. The van der Waals surface area contributed by atoms with Gasteiger partial charge in [0.15, 0.2) is 0 Å². The van der Waals surface area contributed by atoms with Gasteiger partial charge in [0.2, 0.25) is 0 Å². The average molecular weight is 227 g/mol. The van der Waals surface area contributed by atoms with E-state index < -0.39 is 0 Å². The summed E-state index contributed by atoms with van der Waals surface area (Å²) < 4.78 is 6.78. The van der Waals surface area contributed by atoms with E-state index in [4.69, 9.17) is 4.74 Å². The highest BCUT2D eigenvalue weighted by Crippen LogP contribution is 2.30. The number of aryl methyl sites for hydroxylation is 1. The molecule has 64 valence electrons. The second kappa shape index (κ2) is 3.09. The fraction of sp³-hybridized carbons (Fsp3) is 0.400. The van der Waals surface area contributed by atoms with Gasteiger partial charge < -0.3 is 4.74 Å². The molecule has 0 saturated heterocycles. The fourth-order valence-electron chi connectivity index (χ4n) is 1.48. The van der Waals surface area contributed by atoms with E-state index in [1.165, 1.54) is 5.56 Å². The standard InChI is InChI=1S/C10H11BrO/c1-7-2-3-8-4-5-9(11)6-10(8)12-7/h4-7H,2-3H2,1H3. The van der Waals surface area contributed by atoms with Crippen LogP contribution in [0, 0.1) is 0 Å². The van der Waals surface area contributed by atoms with Gasteiger partial charge in [0.05, 0.1) is 6.10 Å². The van der Waals surface area contributed by atoms with Gasteiger partial charge in [0, 0.05) is 4.47 Å². The minimum Gasteiger partial charge on any atom is -0.490 e. The van der Waals surface area contributed by atoms with Gasteiger partial charge in [-0.3, -0.25) is 0 Å². The molecule has 0 saturated carbocycles. The van der Waals surface area contributed by atoms with E-state index in [0.29, 0.717) is 6.10 Å². The molecule has 2 rings (SSSR count). The first kappa shape index (κ1) is 8.11. The fourth-order valence-corrected chi connectivity index (χ4v) is 1.82. The van der Waals surface area contributed by atoms with Crippen molar-refractivity contribution in [2.75, 3.05) is 0 Å². The SMILES string of the molecule is CC1CCc2ccc(Br)cc2O1. The maximum absolute atomic E-state index is 5.68. The molecule has 1 aliphatic rings. The first-order valence-corrected chi connectivity index (χ1v) is 5.00. The Bertz CT molecular complexity index is 296. The van der Waals surface area contributed by atoms with Gasteiger partial charge in [0.25, 0.3) is 0 Å². The van der Waals surface area contributed by atoms with Gasteiger partial charge in [-0.2, -0.15) is 0 Å². The van der Waals surface area contributed by atoms with Gasteiger partial charge in [-0.25, -0.2) is 0 Å². The molecule has 0 radical (unpaired) electrons. The predicted octanol–water partition coefficient (Wildman–Crippen LogP) is 3.16. The lowest BCUT2D eigenvalue weighted by Gasteiger charge is -2.23. The highest BCUT2D eigenvalue weighted by molar-refractivity contribution is 9.10. The van der Waals surface area contributed by atoms with E-state index in [9.17, 15) is 0 Å². The number of halogens is 1. The zero-order chi connectivity index (χ0) is 8.55. The van der Waals surface area contributed by atoms with Crippen molar-refractivity contribution >= 4 is 15.9 Å². The monoisotopic (exact) mass is 226 g/mol. The largest absolute Gasteiger partial charge is 0.490 e. The van der Waals surface area contributed by atoms with Crippen LogP contribution in [0.5, 0.6) is 5.75 Å². The van der Waals surface area contributed by atoms with Crippen molar-refractivity contribution in [3.8, 4) is 5.75 Å². The number of hydrogen-bond donors (Lipinski definition) is 0. The zero-order valence-corrected chi connectivity index (χ0v) is 8.60. The summed E-state index contributed by atoms with van der Waals surface area (Å²) in [5.41, 5.74) is 1.33. The topological polar surface area (TPSA) is 9.23 Å². The van der Waals surface area contributed by atoms with Crippen LogP contribution >= 0.6 is 15.9 Å². The van der Waals surface area contributed by atoms with E-state index in [-0.39, 0.29) is 0 Å². The van der Waals surface area contributed by atoms with Gasteiger partial charge in [0.1, 0.15) is 5.75 Å². The summed E-state index contributed by atoms with van der Waals surface area (Å²) in [5.74, 6) is 1.04.